The largest absolute Gasteiger partial charge is 0.419 e. The molecule has 3 aromatic rings. The number of nitrogens with two attached hydrogens (primary N) is 1. The number of hydrogen-bond acceptors (Lipinski definition) is 4. The number of hydrogen-bond donors (Lipinski definition) is 2. The minimum absolute atomic E-state index is 0.371. The summed E-state index contributed by atoms with van der Waals surface area (Å²) in [6.07, 6.45) is 0. The van der Waals surface area contributed by atoms with Gasteiger partial charge in [0.2, 0.25) is 0 Å². The Hall–Kier alpha value is -1.86. The first kappa shape index (κ1) is 12.2. The third-order valence-electron chi connectivity index (χ3n) is 3.05. The van der Waals surface area contributed by atoms with Gasteiger partial charge in [-0.15, -0.1) is 0 Å². The van der Waals surface area contributed by atoms with Crippen LogP contribution < -0.4 is 11.5 Å². The Morgan fingerprint density at radius 2 is 2.32 bits per heavy atom. The van der Waals surface area contributed by atoms with E-state index in [0.717, 1.165) is 26.9 Å². The first-order valence-corrected chi connectivity index (χ1v) is 6.44. The van der Waals surface area contributed by atoms with Crippen molar-refractivity contribution < 1.29 is 4.42 Å². The number of H-pyrrole nitrogens is 1. The summed E-state index contributed by atoms with van der Waals surface area (Å²) < 4.78 is 7.45. The molecule has 3 N–H and O–H groups in total. The second kappa shape index (κ2) is 4.36. The first-order chi connectivity index (χ1) is 9.11. The van der Waals surface area contributed by atoms with Crippen LogP contribution in [0, 0.1) is 0 Å². The maximum absolute atomic E-state index is 11.5. The van der Waals surface area contributed by atoms with Crippen LogP contribution in [0.15, 0.2) is 31.9 Å². The van der Waals surface area contributed by atoms with Crippen molar-refractivity contribution in [3.8, 4) is 11.3 Å². The van der Waals surface area contributed by atoms with Gasteiger partial charge in [0, 0.05) is 19.2 Å². The van der Waals surface area contributed by atoms with Crippen molar-refractivity contribution in [2.45, 2.75) is 6.54 Å². The van der Waals surface area contributed by atoms with E-state index in [9.17, 15) is 4.79 Å². The maximum Gasteiger partial charge on any atom is 0.419 e. The molecule has 0 amide bonds. The lowest BCUT2D eigenvalue weighted by Crippen LogP contribution is -2.08. The summed E-state index contributed by atoms with van der Waals surface area (Å²) in [6, 6.07) is 5.51. The van der Waals surface area contributed by atoms with Crippen LogP contribution in [0.2, 0.25) is 0 Å². The monoisotopic (exact) mass is 322 g/mol. The summed E-state index contributed by atoms with van der Waals surface area (Å²) in [7, 11) is 1.67. The molecule has 1 aromatic carbocycles. The number of halogens is 1. The van der Waals surface area contributed by atoms with E-state index in [1.165, 1.54) is 4.57 Å². The predicted octanol–water partition coefficient (Wildman–Crippen LogP) is 1.74. The summed E-state index contributed by atoms with van der Waals surface area (Å²) in [5, 5.41) is 7.08. The van der Waals surface area contributed by atoms with Crippen LogP contribution in [-0.4, -0.2) is 14.8 Å². The number of nitrogens with one attached hydrogen (secondary N) is 1. The van der Waals surface area contributed by atoms with E-state index in [1.54, 1.807) is 13.1 Å². The van der Waals surface area contributed by atoms with Crippen LogP contribution in [0.3, 0.4) is 0 Å². The van der Waals surface area contributed by atoms with Crippen molar-refractivity contribution in [2.24, 2.45) is 12.8 Å². The molecule has 0 unspecified atom stereocenters. The fourth-order valence-electron chi connectivity index (χ4n) is 1.97. The zero-order valence-electron chi connectivity index (χ0n) is 10.1. The van der Waals surface area contributed by atoms with Crippen LogP contribution in [0.1, 0.15) is 5.69 Å². The number of benzene rings is 1. The minimum atomic E-state index is -0.379. The van der Waals surface area contributed by atoms with Gasteiger partial charge in [-0.25, -0.2) is 4.79 Å². The van der Waals surface area contributed by atoms with E-state index in [0.29, 0.717) is 12.1 Å². The molecule has 0 spiro atoms. The summed E-state index contributed by atoms with van der Waals surface area (Å²) >= 11 is 3.46. The molecule has 0 saturated heterocycles. The van der Waals surface area contributed by atoms with Gasteiger partial charge in [0.15, 0.2) is 5.58 Å². The molecule has 0 saturated carbocycles. The Balaban J connectivity index is 2.20. The highest BCUT2D eigenvalue weighted by atomic mass is 79.9. The van der Waals surface area contributed by atoms with Gasteiger partial charge in [0.05, 0.1) is 15.7 Å². The Kier molecular flexibility index (Phi) is 2.79. The highest BCUT2D eigenvalue weighted by Crippen LogP contribution is 2.30. The van der Waals surface area contributed by atoms with Gasteiger partial charge in [-0.05, 0) is 28.1 Å². The Morgan fingerprint density at radius 3 is 3.00 bits per heavy atom. The first-order valence-electron chi connectivity index (χ1n) is 5.64. The lowest BCUT2D eigenvalue weighted by Gasteiger charge is -1.98. The molecule has 2 heterocycles. The summed E-state index contributed by atoms with van der Waals surface area (Å²) in [5.74, 6) is -0.379. The van der Waals surface area contributed by atoms with E-state index >= 15 is 0 Å². The van der Waals surface area contributed by atoms with Crippen molar-refractivity contribution >= 4 is 27.0 Å². The number of aromatic amines is 1. The molecule has 6 nitrogen and oxygen atoms in total. The average molecular weight is 323 g/mol. The van der Waals surface area contributed by atoms with Gasteiger partial charge < -0.3 is 10.2 Å². The molecule has 0 radical (unpaired) electrons. The number of rotatable bonds is 2. The maximum atomic E-state index is 11.5. The van der Waals surface area contributed by atoms with Gasteiger partial charge in [-0.2, -0.15) is 5.10 Å². The van der Waals surface area contributed by atoms with E-state index in [4.69, 9.17) is 10.2 Å². The molecule has 0 aliphatic heterocycles. The zero-order valence-corrected chi connectivity index (χ0v) is 11.7. The molecule has 0 aliphatic rings. The van der Waals surface area contributed by atoms with Crippen molar-refractivity contribution in [3.05, 3.63) is 38.9 Å². The van der Waals surface area contributed by atoms with Crippen LogP contribution in [0.25, 0.3) is 22.4 Å². The third kappa shape index (κ3) is 1.82. The standard InChI is InChI=1S/C12H11BrN4O2/c1-17-8-3-2-6(4-9(8)19-12(17)18)11-10(13)7(5-14)15-16-11/h2-4H,5,14H2,1H3,(H,15,16). The number of aromatic nitrogens is 3. The minimum Gasteiger partial charge on any atom is -0.408 e. The van der Waals surface area contributed by atoms with Crippen molar-refractivity contribution in [1.82, 2.24) is 14.8 Å². The molecule has 0 bridgehead atoms. The SMILES string of the molecule is Cn1c(=O)oc2cc(-c3n[nH]c(CN)c3Br)ccc21. The normalized spacial score (nSPS) is 11.3. The van der Waals surface area contributed by atoms with Gasteiger partial charge in [0.25, 0.3) is 0 Å². The number of nitrogens with zero attached hydrogens (tertiary/aromatic N) is 2. The molecule has 0 fully saturated rings. The second-order valence-electron chi connectivity index (χ2n) is 4.18. The number of oxazole rings is 1. The zero-order chi connectivity index (χ0) is 13.6. The van der Waals surface area contributed by atoms with Crippen LogP contribution in [0.5, 0.6) is 0 Å². The second-order valence-corrected chi connectivity index (χ2v) is 4.97. The average Bonchev–Trinajstić information content (AvgIpc) is 2.91. The van der Waals surface area contributed by atoms with E-state index in [-0.39, 0.29) is 5.76 Å². The van der Waals surface area contributed by atoms with Crippen LogP contribution >= 0.6 is 15.9 Å². The van der Waals surface area contributed by atoms with E-state index in [2.05, 4.69) is 26.1 Å². The topological polar surface area (TPSA) is 89.8 Å². The Bertz CT molecular complexity index is 815. The van der Waals surface area contributed by atoms with Gasteiger partial charge in [0.1, 0.15) is 5.69 Å². The lowest BCUT2D eigenvalue weighted by atomic mass is 10.1. The molecular formula is C12H11BrN4O2. The van der Waals surface area contributed by atoms with Crippen LogP contribution in [-0.2, 0) is 13.6 Å². The highest BCUT2D eigenvalue weighted by Gasteiger charge is 2.13. The number of fused-ring (bicyclic) bond motifs is 1. The van der Waals surface area contributed by atoms with Crippen LogP contribution in [0.4, 0.5) is 0 Å². The van der Waals surface area contributed by atoms with Gasteiger partial charge >= 0.3 is 5.76 Å². The molecule has 19 heavy (non-hydrogen) atoms. The third-order valence-corrected chi connectivity index (χ3v) is 3.90. The van der Waals surface area contributed by atoms with Crippen molar-refractivity contribution in [1.29, 1.82) is 0 Å². The molecular weight excluding hydrogens is 312 g/mol. The fraction of sp³-hybridized carbons (Fsp3) is 0.167. The predicted molar refractivity (Wildman–Crippen MR) is 74.6 cm³/mol. The molecule has 98 valence electrons. The summed E-state index contributed by atoms with van der Waals surface area (Å²) in [5.41, 5.74) is 9.30. The summed E-state index contributed by atoms with van der Waals surface area (Å²) in [6.45, 7) is 0.371. The van der Waals surface area contributed by atoms with Crippen molar-refractivity contribution in [3.63, 3.8) is 0 Å². The summed E-state index contributed by atoms with van der Waals surface area (Å²) in [4.78, 5) is 11.5. The van der Waals surface area contributed by atoms with Gasteiger partial charge in [-0.1, -0.05) is 6.07 Å². The highest BCUT2D eigenvalue weighted by molar-refractivity contribution is 9.10. The lowest BCUT2D eigenvalue weighted by molar-refractivity contribution is 0.528. The Labute approximate surface area is 116 Å². The van der Waals surface area contributed by atoms with Crippen molar-refractivity contribution in [2.75, 3.05) is 0 Å². The smallest absolute Gasteiger partial charge is 0.408 e. The van der Waals surface area contributed by atoms with Gasteiger partial charge in [-0.3, -0.25) is 9.67 Å². The fourth-order valence-corrected chi connectivity index (χ4v) is 2.54. The van der Waals surface area contributed by atoms with E-state index < -0.39 is 0 Å². The molecule has 3 rings (SSSR count). The molecule has 7 heteroatoms. The number of aryl methyl sites for hydroxylation is 1. The molecule has 0 atom stereocenters. The Morgan fingerprint density at radius 1 is 1.53 bits per heavy atom. The molecule has 0 aliphatic carbocycles. The quantitative estimate of drug-likeness (QED) is 0.752. The molecule has 2 aromatic heterocycles. The van der Waals surface area contributed by atoms with E-state index in [1.807, 2.05) is 12.1 Å².